The molecule has 2 aliphatic rings. The monoisotopic (exact) mass is 165 g/mol. The Morgan fingerprint density at radius 3 is 1.60 bits per heavy atom. The molecule has 3 nitrogen and oxygen atoms in total. The molecule has 2 heterocycles. The van der Waals surface area contributed by atoms with Crippen LogP contribution in [0.5, 0.6) is 0 Å². The summed E-state index contributed by atoms with van der Waals surface area (Å²) >= 11 is 0. The smallest absolute Gasteiger partial charge is 0.0643 e. The molecule has 2 bridgehead atoms. The fourth-order valence-corrected chi connectivity index (χ4v) is 1.33. The molecule has 2 aliphatic heterocycles. The summed E-state index contributed by atoms with van der Waals surface area (Å²) in [7, 11) is 0. The van der Waals surface area contributed by atoms with Crippen LogP contribution in [0.4, 0.5) is 0 Å². The van der Waals surface area contributed by atoms with Crippen molar-refractivity contribution in [2.45, 2.75) is 12.1 Å². The minimum atomic E-state index is 0. The molecule has 4 heteroatoms. The zero-order chi connectivity index (χ0) is 6.10. The normalized spacial score (nSPS) is 38.4. The van der Waals surface area contributed by atoms with Crippen molar-refractivity contribution in [1.29, 1.82) is 0 Å². The van der Waals surface area contributed by atoms with Gasteiger partial charge in [-0.3, -0.25) is 0 Å². The molecule has 0 aromatic carbocycles. The van der Waals surface area contributed by atoms with Gasteiger partial charge in [-0.1, -0.05) is 0 Å². The summed E-state index contributed by atoms with van der Waals surface area (Å²) in [6.45, 7) is 3.26. The minimum absolute atomic E-state index is 0. The van der Waals surface area contributed by atoms with E-state index in [0.29, 0.717) is 12.1 Å². The second-order valence-electron chi connectivity index (χ2n) is 2.64. The van der Waals surface area contributed by atoms with Gasteiger partial charge in [-0.15, -0.1) is 12.4 Å². The highest BCUT2D eigenvalue weighted by Gasteiger charge is 2.25. The van der Waals surface area contributed by atoms with Gasteiger partial charge in [0.2, 0.25) is 0 Å². The Morgan fingerprint density at radius 2 is 1.30 bits per heavy atom. The molecule has 0 aliphatic carbocycles. The maximum Gasteiger partial charge on any atom is 0.0643 e. The zero-order valence-corrected chi connectivity index (χ0v) is 6.52. The SMILES string of the molecule is C1OCC2COCC1N2.Cl. The molecule has 0 aromatic rings. The van der Waals surface area contributed by atoms with Crippen LogP contribution in [0.1, 0.15) is 0 Å². The molecule has 60 valence electrons. The maximum absolute atomic E-state index is 5.29. The van der Waals surface area contributed by atoms with E-state index in [1.165, 1.54) is 0 Å². The number of rotatable bonds is 0. The predicted molar refractivity (Wildman–Crippen MR) is 39.6 cm³/mol. The summed E-state index contributed by atoms with van der Waals surface area (Å²) in [6, 6.07) is 0.912. The third-order valence-corrected chi connectivity index (χ3v) is 1.75. The summed E-state index contributed by atoms with van der Waals surface area (Å²) in [4.78, 5) is 0. The number of hydrogen-bond acceptors (Lipinski definition) is 3. The lowest BCUT2D eigenvalue weighted by Crippen LogP contribution is -2.56. The first-order valence-electron chi connectivity index (χ1n) is 3.37. The fraction of sp³-hybridized carbons (Fsp3) is 1.00. The Bertz CT molecular complexity index is 91.9. The van der Waals surface area contributed by atoms with Crippen molar-refractivity contribution in [2.24, 2.45) is 0 Å². The average molecular weight is 166 g/mol. The van der Waals surface area contributed by atoms with Crippen LogP contribution in [0.15, 0.2) is 0 Å². The first-order chi connectivity index (χ1) is 4.45. The maximum atomic E-state index is 5.29. The number of fused-ring (bicyclic) bond motifs is 2. The molecule has 10 heavy (non-hydrogen) atoms. The van der Waals surface area contributed by atoms with E-state index in [2.05, 4.69) is 5.32 Å². The van der Waals surface area contributed by atoms with Crippen LogP contribution < -0.4 is 5.32 Å². The largest absolute Gasteiger partial charge is 0.378 e. The van der Waals surface area contributed by atoms with Crippen LogP contribution >= 0.6 is 12.4 Å². The third kappa shape index (κ3) is 1.61. The second kappa shape index (κ2) is 3.53. The van der Waals surface area contributed by atoms with Gasteiger partial charge in [0.1, 0.15) is 0 Å². The molecule has 0 radical (unpaired) electrons. The quantitative estimate of drug-likeness (QED) is 0.539. The van der Waals surface area contributed by atoms with Gasteiger partial charge in [0.25, 0.3) is 0 Å². The highest BCUT2D eigenvalue weighted by Crippen LogP contribution is 2.05. The standard InChI is InChI=1S/C6H11NO2.ClH/c1-5-2-9-4-6(7-5)3-8-1;/h5-7H,1-4H2;1H. The number of morpholine rings is 2. The molecule has 0 atom stereocenters. The first-order valence-corrected chi connectivity index (χ1v) is 3.37. The summed E-state index contributed by atoms with van der Waals surface area (Å²) in [5, 5.41) is 3.40. The van der Waals surface area contributed by atoms with Crippen LogP contribution in [-0.4, -0.2) is 38.5 Å². The molecule has 0 amide bonds. The van der Waals surface area contributed by atoms with E-state index in [4.69, 9.17) is 9.47 Å². The number of hydrogen-bond donors (Lipinski definition) is 1. The van der Waals surface area contributed by atoms with Crippen LogP contribution in [0, 0.1) is 0 Å². The van der Waals surface area contributed by atoms with Gasteiger partial charge >= 0.3 is 0 Å². The van der Waals surface area contributed by atoms with Crippen LogP contribution in [-0.2, 0) is 9.47 Å². The van der Waals surface area contributed by atoms with Crippen LogP contribution in [0.25, 0.3) is 0 Å². The lowest BCUT2D eigenvalue weighted by atomic mass is 10.2. The lowest BCUT2D eigenvalue weighted by Gasteiger charge is -2.35. The Kier molecular flexibility index (Phi) is 2.92. The van der Waals surface area contributed by atoms with Gasteiger partial charge in [-0.05, 0) is 0 Å². The summed E-state index contributed by atoms with van der Waals surface area (Å²) < 4.78 is 10.6. The molecule has 1 N–H and O–H groups in total. The highest BCUT2D eigenvalue weighted by atomic mass is 35.5. The van der Waals surface area contributed by atoms with Crippen molar-refractivity contribution < 1.29 is 9.47 Å². The first kappa shape index (κ1) is 8.27. The van der Waals surface area contributed by atoms with Crippen LogP contribution in [0.2, 0.25) is 0 Å². The molecule has 0 aromatic heterocycles. The van der Waals surface area contributed by atoms with Crippen molar-refractivity contribution in [1.82, 2.24) is 5.32 Å². The van der Waals surface area contributed by atoms with Gasteiger partial charge < -0.3 is 14.8 Å². The van der Waals surface area contributed by atoms with Gasteiger partial charge in [0.05, 0.1) is 38.5 Å². The van der Waals surface area contributed by atoms with E-state index < -0.39 is 0 Å². The summed E-state index contributed by atoms with van der Waals surface area (Å²) in [5.74, 6) is 0. The van der Waals surface area contributed by atoms with Crippen LogP contribution in [0.3, 0.4) is 0 Å². The predicted octanol–water partition coefficient (Wildman–Crippen LogP) is -0.205. The van der Waals surface area contributed by atoms with Crippen molar-refractivity contribution in [3.63, 3.8) is 0 Å². The molecule has 2 fully saturated rings. The summed E-state index contributed by atoms with van der Waals surface area (Å²) in [6.07, 6.45) is 0. The number of ether oxygens (including phenoxy) is 2. The van der Waals surface area contributed by atoms with Crippen molar-refractivity contribution in [3.8, 4) is 0 Å². The van der Waals surface area contributed by atoms with Gasteiger partial charge in [-0.2, -0.15) is 0 Å². The third-order valence-electron chi connectivity index (χ3n) is 1.75. The molecule has 0 spiro atoms. The molecule has 2 rings (SSSR count). The minimum Gasteiger partial charge on any atom is -0.378 e. The Labute approximate surface area is 66.5 Å². The van der Waals surface area contributed by atoms with Crippen molar-refractivity contribution in [3.05, 3.63) is 0 Å². The molecule has 0 saturated carbocycles. The van der Waals surface area contributed by atoms with Crippen molar-refractivity contribution in [2.75, 3.05) is 26.4 Å². The van der Waals surface area contributed by atoms with Gasteiger partial charge in [0, 0.05) is 0 Å². The molecule has 0 unspecified atom stereocenters. The molecular formula is C6H12ClNO2. The Balaban J connectivity index is 0.000000500. The second-order valence-corrected chi connectivity index (χ2v) is 2.64. The van der Waals surface area contributed by atoms with Gasteiger partial charge in [0.15, 0.2) is 0 Å². The Morgan fingerprint density at radius 1 is 0.900 bits per heavy atom. The fourth-order valence-electron chi connectivity index (χ4n) is 1.33. The topological polar surface area (TPSA) is 30.5 Å². The Hall–Kier alpha value is 0.170. The average Bonchev–Trinajstić information content (AvgIpc) is 1.88. The van der Waals surface area contributed by atoms with E-state index in [1.54, 1.807) is 0 Å². The molecular weight excluding hydrogens is 154 g/mol. The van der Waals surface area contributed by atoms with E-state index in [1.807, 2.05) is 0 Å². The number of halogens is 1. The number of nitrogens with one attached hydrogen (secondary N) is 1. The van der Waals surface area contributed by atoms with E-state index >= 15 is 0 Å². The molecule has 2 saturated heterocycles. The zero-order valence-electron chi connectivity index (χ0n) is 5.71. The van der Waals surface area contributed by atoms with E-state index in [9.17, 15) is 0 Å². The summed E-state index contributed by atoms with van der Waals surface area (Å²) in [5.41, 5.74) is 0. The lowest BCUT2D eigenvalue weighted by molar-refractivity contribution is -0.0556. The van der Waals surface area contributed by atoms with Gasteiger partial charge in [-0.25, -0.2) is 0 Å². The van der Waals surface area contributed by atoms with Crippen molar-refractivity contribution >= 4 is 12.4 Å². The van der Waals surface area contributed by atoms with E-state index in [-0.39, 0.29) is 12.4 Å². The van der Waals surface area contributed by atoms with E-state index in [0.717, 1.165) is 26.4 Å². The highest BCUT2D eigenvalue weighted by molar-refractivity contribution is 5.85.